The third kappa shape index (κ3) is 21.4. The summed E-state index contributed by atoms with van der Waals surface area (Å²) in [6.07, 6.45) is 8.67. The summed E-state index contributed by atoms with van der Waals surface area (Å²) in [5.41, 5.74) is 4.25. The van der Waals surface area contributed by atoms with E-state index in [0.717, 1.165) is 73.9 Å². The number of fused-ring (bicyclic) bond motifs is 1. The molecule has 1 saturated heterocycles. The van der Waals surface area contributed by atoms with E-state index >= 15 is 0 Å². The number of nitrogens with zero attached hydrogens (tertiary/aromatic N) is 4. The van der Waals surface area contributed by atoms with Gasteiger partial charge in [-0.2, -0.15) is 4.31 Å². The molecule has 0 radical (unpaired) electrons. The largest absolute Gasteiger partial charge is 0.481 e. The number of thioether (sulfide) groups is 1. The predicted octanol–water partition coefficient (Wildman–Crippen LogP) is 2.76. The van der Waals surface area contributed by atoms with E-state index in [9.17, 15) is 62.7 Å². The monoisotopic (exact) mass is 1030 g/mol. The zero-order valence-corrected chi connectivity index (χ0v) is 40.3. The number of hydrogen-bond donors (Lipinski definition) is 10. The molecule has 11 N–H and O–H groups in total. The van der Waals surface area contributed by atoms with Crippen molar-refractivity contribution in [3.8, 4) is 0 Å². The lowest BCUT2D eigenvalue weighted by atomic mass is 9.87. The van der Waals surface area contributed by atoms with Gasteiger partial charge < -0.3 is 56.0 Å². The summed E-state index contributed by atoms with van der Waals surface area (Å²) in [5, 5.41) is 35.2. The molecule has 2 amide bonds. The van der Waals surface area contributed by atoms with E-state index in [0.29, 0.717) is 18.6 Å². The van der Waals surface area contributed by atoms with Crippen LogP contribution in [0.1, 0.15) is 90.7 Å². The molecule has 3 heterocycles. The van der Waals surface area contributed by atoms with Crippen molar-refractivity contribution < 1.29 is 90.4 Å². The van der Waals surface area contributed by atoms with Crippen molar-refractivity contribution in [3.05, 3.63) is 37.0 Å². The summed E-state index contributed by atoms with van der Waals surface area (Å²) in [4.78, 5) is 98.7. The number of hydrogen-bond acceptors (Lipinski definition) is 19. The second-order valence-corrected chi connectivity index (χ2v) is 21.1. The molecule has 26 nitrogen and oxygen atoms in total. The Morgan fingerprint density at radius 3 is 2.24 bits per heavy atom. The number of nitrogens with one attached hydrogen (secondary N) is 2. The van der Waals surface area contributed by atoms with Crippen LogP contribution in [0.25, 0.3) is 11.2 Å². The van der Waals surface area contributed by atoms with Gasteiger partial charge in [0.25, 0.3) is 0 Å². The van der Waals surface area contributed by atoms with Crippen LogP contribution < -0.4 is 16.4 Å². The lowest BCUT2D eigenvalue weighted by Gasteiger charge is -2.30. The number of phosphoric ester groups is 3. The number of aliphatic hydroxyl groups excluding tert-OH is 2. The molecule has 2 aromatic rings. The molecule has 1 fully saturated rings. The molecule has 0 aliphatic carbocycles. The molecule has 0 aromatic carbocycles. The van der Waals surface area contributed by atoms with E-state index in [2.05, 4.69) is 58.7 Å². The van der Waals surface area contributed by atoms with Gasteiger partial charge in [0.05, 0.1) is 19.5 Å². The first-order valence-electron chi connectivity index (χ1n) is 21.0. The minimum absolute atomic E-state index is 0.00134. The van der Waals surface area contributed by atoms with Crippen LogP contribution >= 0.6 is 35.2 Å². The highest BCUT2D eigenvalue weighted by molar-refractivity contribution is 8.13. The quantitative estimate of drug-likeness (QED) is 0.0286. The number of nitrogen functional groups attached to an aromatic ring is 1. The number of amides is 2. The van der Waals surface area contributed by atoms with Crippen molar-refractivity contribution >= 4 is 75.1 Å². The molecule has 1 aliphatic heterocycles. The van der Waals surface area contributed by atoms with Crippen molar-refractivity contribution in [2.45, 2.75) is 115 Å². The second kappa shape index (κ2) is 27.6. The Morgan fingerprint density at radius 1 is 0.910 bits per heavy atom. The van der Waals surface area contributed by atoms with Crippen LogP contribution in [0.2, 0.25) is 0 Å². The Kier molecular flexibility index (Phi) is 23.9. The number of carbonyl (C=O) groups excluding carboxylic acids is 3. The number of phosphoric acid groups is 3. The number of carboxylic acid groups (broad SMARTS) is 1. The van der Waals surface area contributed by atoms with Crippen LogP contribution in [0.15, 0.2) is 37.0 Å². The molecule has 3 rings (SSSR count). The Hall–Kier alpha value is -3.49. The fourth-order valence-corrected chi connectivity index (χ4v) is 9.67. The molecule has 1 aliphatic rings. The average molecular weight is 1030 g/mol. The number of unbranched alkanes of at least 4 members (excludes halogenated alkanes) is 5. The van der Waals surface area contributed by atoms with Gasteiger partial charge in [-0.3, -0.25) is 37.3 Å². The van der Waals surface area contributed by atoms with Gasteiger partial charge in [-0.15, -0.1) is 0 Å². The molecule has 0 bridgehead atoms. The van der Waals surface area contributed by atoms with Gasteiger partial charge in [0.15, 0.2) is 22.8 Å². The number of aromatic nitrogens is 4. The number of allylic oxidation sites excluding steroid dienone is 4. The molecule has 7 unspecified atom stereocenters. The summed E-state index contributed by atoms with van der Waals surface area (Å²) < 4.78 is 62.3. The lowest BCUT2D eigenvalue weighted by Crippen LogP contribution is -2.46. The first-order chi connectivity index (χ1) is 31.4. The maximum atomic E-state index is 12.7. The van der Waals surface area contributed by atoms with Crippen molar-refractivity contribution in [2.75, 3.05) is 37.8 Å². The van der Waals surface area contributed by atoms with Gasteiger partial charge in [0, 0.05) is 43.5 Å². The van der Waals surface area contributed by atoms with Crippen molar-refractivity contribution in [3.63, 3.8) is 0 Å². The molecule has 7 atom stereocenters. The third-order valence-corrected chi connectivity index (χ3v) is 13.7. The number of anilines is 1. The molecule has 0 saturated carbocycles. The van der Waals surface area contributed by atoms with Gasteiger partial charge >= 0.3 is 29.4 Å². The van der Waals surface area contributed by atoms with Crippen LogP contribution in [0, 0.1) is 5.41 Å². The molecule has 0 spiro atoms. The topological polar surface area (TPSA) is 401 Å². The molecule has 378 valence electrons. The first kappa shape index (κ1) is 57.8. The van der Waals surface area contributed by atoms with E-state index in [1.54, 1.807) is 0 Å². The first-order valence-corrected chi connectivity index (χ1v) is 26.5. The standard InChI is InChI=1S/C37H60N7O19P3S/c1-37(2,32(50)35(51)40-18-17-26(45)39-19-20-67-28(48)16-14-12-10-8-6-4-3-5-7-9-11-13-15-27(46)47)22-60-66(57,58)63-65(55,56)59-21-25-31(62-64(52,53)54)30(49)36(61-25)44-24-43-29-33(38)41-23-42-34(29)44/h3,5-6,8,23-25,30-32,36,49-50H,4,7,9-22H2,1-2H3,(H,39,45)(H,40,51)(H,46,47)(H,55,56)(H,57,58)(H2,38,41,42)(H2,52,53,54)/b5-3+,8-6+. The van der Waals surface area contributed by atoms with Crippen molar-refractivity contribution in [1.29, 1.82) is 0 Å². The van der Waals surface area contributed by atoms with Crippen LogP contribution in [-0.2, 0) is 55.5 Å². The van der Waals surface area contributed by atoms with Crippen LogP contribution in [-0.4, -0.2) is 134 Å². The number of rotatable bonds is 32. The fourth-order valence-electron chi connectivity index (χ4n) is 6.12. The number of aliphatic carboxylic acids is 1. The minimum atomic E-state index is -5.59. The van der Waals surface area contributed by atoms with Gasteiger partial charge in [-0.05, 0) is 44.9 Å². The highest BCUT2D eigenvalue weighted by Crippen LogP contribution is 2.61. The summed E-state index contributed by atoms with van der Waals surface area (Å²) in [6.45, 7) is 0.457. The summed E-state index contributed by atoms with van der Waals surface area (Å²) in [5.74, 6) is -1.89. The number of carbonyl (C=O) groups is 4. The Labute approximate surface area is 389 Å². The Morgan fingerprint density at radius 2 is 1.57 bits per heavy atom. The summed E-state index contributed by atoms with van der Waals surface area (Å²) in [6, 6.07) is 0. The van der Waals surface area contributed by atoms with Crippen molar-refractivity contribution in [1.82, 2.24) is 30.2 Å². The highest BCUT2D eigenvalue weighted by Gasteiger charge is 2.50. The number of aliphatic hydroxyl groups is 2. The summed E-state index contributed by atoms with van der Waals surface area (Å²) in [7, 11) is -16.4. The summed E-state index contributed by atoms with van der Waals surface area (Å²) >= 11 is 1.10. The zero-order valence-electron chi connectivity index (χ0n) is 36.8. The maximum absolute atomic E-state index is 12.7. The molecule has 67 heavy (non-hydrogen) atoms. The zero-order chi connectivity index (χ0) is 49.8. The maximum Gasteiger partial charge on any atom is 0.481 e. The van der Waals surface area contributed by atoms with E-state index in [1.165, 1.54) is 13.8 Å². The van der Waals surface area contributed by atoms with Gasteiger partial charge in [-0.25, -0.2) is 28.6 Å². The van der Waals surface area contributed by atoms with Crippen LogP contribution in [0.4, 0.5) is 5.82 Å². The minimum Gasteiger partial charge on any atom is -0.481 e. The third-order valence-electron chi connectivity index (χ3n) is 9.63. The average Bonchev–Trinajstić information content (AvgIpc) is 3.80. The normalized spacial score (nSPS) is 20.2. The van der Waals surface area contributed by atoms with E-state index in [1.807, 2.05) is 0 Å². The Balaban J connectivity index is 1.32. The van der Waals surface area contributed by atoms with E-state index in [-0.39, 0.29) is 48.0 Å². The molecule has 2 aromatic heterocycles. The molecular weight excluding hydrogens is 971 g/mol. The lowest BCUT2D eigenvalue weighted by molar-refractivity contribution is -0.137. The second-order valence-electron chi connectivity index (χ2n) is 15.7. The van der Waals surface area contributed by atoms with Crippen LogP contribution in [0.5, 0.6) is 0 Å². The highest BCUT2D eigenvalue weighted by atomic mass is 32.2. The van der Waals surface area contributed by atoms with Gasteiger partial charge in [0.2, 0.25) is 11.8 Å². The number of carboxylic acids is 1. The molecular formula is C37H60N7O19P3S. The van der Waals surface area contributed by atoms with Gasteiger partial charge in [-0.1, -0.05) is 56.3 Å². The number of ether oxygens (including phenoxy) is 1. The van der Waals surface area contributed by atoms with Gasteiger partial charge in [0.1, 0.15) is 36.3 Å². The molecule has 30 heteroatoms. The fraction of sp³-hybridized carbons (Fsp3) is 0.649. The predicted molar refractivity (Wildman–Crippen MR) is 239 cm³/mol. The van der Waals surface area contributed by atoms with Crippen molar-refractivity contribution in [2.24, 2.45) is 5.41 Å². The number of nitrogens with two attached hydrogens (primary N) is 1. The van der Waals surface area contributed by atoms with Crippen LogP contribution in [0.3, 0.4) is 0 Å². The Bertz CT molecular complexity index is 2160. The SMILES string of the molecule is CC(C)(COP(=O)(O)OP(=O)(O)OCC1OC(n2cnc3c(N)ncnc32)C(O)C1OP(=O)(O)O)C(O)C(=O)NCCC(=O)NCCSC(=O)CCCC/C=C/C/C=C/CCCCCC(=O)O. The number of imidazole rings is 1. The van der Waals surface area contributed by atoms with E-state index < -0.39 is 90.5 Å². The smallest absolute Gasteiger partial charge is 0.481 e. The van der Waals surface area contributed by atoms with E-state index in [4.69, 9.17) is 24.6 Å².